The monoisotopic (exact) mass is 388 g/mol. The highest BCUT2D eigenvalue weighted by Crippen LogP contribution is 2.21. The van der Waals surface area contributed by atoms with Crippen LogP contribution in [0.4, 0.5) is 5.82 Å². The number of hydrogen-bond acceptors (Lipinski definition) is 9. The first-order chi connectivity index (χ1) is 12.9. The molecule has 10 nitrogen and oxygen atoms in total. The summed E-state index contributed by atoms with van der Waals surface area (Å²) in [7, 11) is 0. The maximum atomic E-state index is 12.6. The molecule has 0 bridgehead atoms. The van der Waals surface area contributed by atoms with E-state index in [-0.39, 0.29) is 17.3 Å². The molecule has 0 aliphatic heterocycles. The van der Waals surface area contributed by atoms with Crippen molar-refractivity contribution >= 4 is 28.8 Å². The predicted octanol–water partition coefficient (Wildman–Crippen LogP) is 2.02. The minimum atomic E-state index is -0.455. The molecule has 0 spiro atoms. The van der Waals surface area contributed by atoms with Gasteiger partial charge in [-0.1, -0.05) is 18.6 Å². The summed E-state index contributed by atoms with van der Waals surface area (Å²) in [4.78, 5) is 14.9. The number of aryl methyl sites for hydroxylation is 2. The number of thiophene rings is 1. The van der Waals surface area contributed by atoms with Crippen LogP contribution in [0.2, 0.25) is 0 Å². The van der Waals surface area contributed by atoms with Gasteiger partial charge in [-0.25, -0.2) is 10.1 Å². The van der Waals surface area contributed by atoms with E-state index in [1.807, 2.05) is 33.8 Å². The summed E-state index contributed by atoms with van der Waals surface area (Å²) >= 11 is 1.69. The molecule has 0 saturated carbocycles. The van der Waals surface area contributed by atoms with Gasteiger partial charge in [0.25, 0.3) is 5.91 Å². The fraction of sp³-hybridized carbons (Fsp3) is 0.375. The third-order valence-electron chi connectivity index (χ3n) is 3.92. The lowest BCUT2D eigenvalue weighted by molar-refractivity contribution is 0.0948. The van der Waals surface area contributed by atoms with E-state index in [4.69, 9.17) is 5.73 Å². The van der Waals surface area contributed by atoms with Gasteiger partial charge in [0.2, 0.25) is 11.6 Å². The number of nitrogens with one attached hydrogen (secondary N) is 1. The topological polar surface area (TPSA) is 137 Å². The van der Waals surface area contributed by atoms with E-state index in [0.29, 0.717) is 12.1 Å². The number of amides is 1. The highest BCUT2D eigenvalue weighted by Gasteiger charge is 2.23. The molecule has 0 radical (unpaired) electrons. The number of hydrazone groups is 1. The molecule has 142 valence electrons. The van der Waals surface area contributed by atoms with E-state index in [9.17, 15) is 4.79 Å². The zero-order valence-electron chi connectivity index (χ0n) is 15.5. The molecule has 0 aliphatic carbocycles. The lowest BCUT2D eigenvalue weighted by Gasteiger charge is -2.04. The van der Waals surface area contributed by atoms with Crippen molar-refractivity contribution < 1.29 is 9.42 Å². The van der Waals surface area contributed by atoms with Crippen LogP contribution in [0.15, 0.2) is 15.8 Å². The Hall–Kier alpha value is -3.08. The minimum absolute atomic E-state index is 0.0707. The normalized spacial score (nSPS) is 11.8. The average molecular weight is 388 g/mol. The standard InChI is InChI=1S/C16H20N8O2S/c1-5-6-12-13(19-23-24(12)15-14(17)21-26-22-15)16(25)20-18-9(3)11-7-8(2)27-10(11)4/h7H,5-6H2,1-4H3,(H2,17,21)(H,20,25). The fourth-order valence-electron chi connectivity index (χ4n) is 2.68. The maximum absolute atomic E-state index is 12.6. The van der Waals surface area contributed by atoms with Crippen LogP contribution in [0.1, 0.15) is 51.8 Å². The van der Waals surface area contributed by atoms with Crippen molar-refractivity contribution in [2.45, 2.75) is 40.5 Å². The molecule has 0 saturated heterocycles. The third-order valence-corrected chi connectivity index (χ3v) is 4.88. The van der Waals surface area contributed by atoms with Crippen molar-refractivity contribution in [2.75, 3.05) is 5.73 Å². The summed E-state index contributed by atoms with van der Waals surface area (Å²) in [5.41, 5.74) is 10.7. The van der Waals surface area contributed by atoms with E-state index in [0.717, 1.165) is 22.6 Å². The van der Waals surface area contributed by atoms with Crippen molar-refractivity contribution in [1.82, 2.24) is 30.7 Å². The summed E-state index contributed by atoms with van der Waals surface area (Å²) in [6.45, 7) is 7.88. The maximum Gasteiger partial charge on any atom is 0.293 e. The number of carbonyl (C=O) groups excluding carboxylic acids is 1. The van der Waals surface area contributed by atoms with Crippen LogP contribution in [0.3, 0.4) is 0 Å². The Bertz CT molecular complexity index is 1000. The van der Waals surface area contributed by atoms with Crippen LogP contribution < -0.4 is 11.2 Å². The molecular formula is C16H20N8O2S. The molecule has 3 N–H and O–H groups in total. The van der Waals surface area contributed by atoms with E-state index in [1.54, 1.807) is 11.3 Å². The quantitative estimate of drug-likeness (QED) is 0.487. The van der Waals surface area contributed by atoms with Gasteiger partial charge >= 0.3 is 0 Å². The van der Waals surface area contributed by atoms with Crippen molar-refractivity contribution in [2.24, 2.45) is 5.10 Å². The molecule has 0 aliphatic rings. The Kier molecular flexibility index (Phi) is 5.31. The number of aromatic nitrogens is 5. The molecule has 3 heterocycles. The molecule has 0 atom stereocenters. The van der Waals surface area contributed by atoms with Crippen LogP contribution in [0.25, 0.3) is 5.82 Å². The first kappa shape index (κ1) is 18.7. The SMILES string of the molecule is CCCc1c(C(=O)NN=C(C)c2cc(C)sc2C)nnn1-c1nonc1N. The summed E-state index contributed by atoms with van der Waals surface area (Å²) in [5, 5.41) is 19.4. The van der Waals surface area contributed by atoms with Crippen LogP contribution in [0.5, 0.6) is 0 Å². The van der Waals surface area contributed by atoms with E-state index in [1.165, 1.54) is 9.56 Å². The molecule has 0 fully saturated rings. The zero-order valence-corrected chi connectivity index (χ0v) is 16.3. The van der Waals surface area contributed by atoms with Gasteiger partial charge in [-0.15, -0.1) is 16.4 Å². The summed E-state index contributed by atoms with van der Waals surface area (Å²) < 4.78 is 5.98. The van der Waals surface area contributed by atoms with Gasteiger partial charge in [0.05, 0.1) is 11.4 Å². The Balaban J connectivity index is 1.86. The molecule has 0 unspecified atom stereocenters. The first-order valence-corrected chi connectivity index (χ1v) is 9.19. The lowest BCUT2D eigenvalue weighted by Crippen LogP contribution is -2.21. The number of anilines is 1. The molecule has 3 aromatic rings. The van der Waals surface area contributed by atoms with Gasteiger partial charge in [0.15, 0.2) is 5.69 Å². The van der Waals surface area contributed by atoms with Crippen LogP contribution in [-0.2, 0) is 6.42 Å². The van der Waals surface area contributed by atoms with Crippen LogP contribution in [-0.4, -0.2) is 36.9 Å². The highest BCUT2D eigenvalue weighted by molar-refractivity contribution is 7.12. The number of nitrogen functional groups attached to an aromatic ring is 1. The number of nitrogens with zero attached hydrogens (tertiary/aromatic N) is 6. The third kappa shape index (κ3) is 3.72. The zero-order chi connectivity index (χ0) is 19.6. The Morgan fingerprint density at radius 3 is 2.78 bits per heavy atom. The molecule has 3 aromatic heterocycles. The number of nitrogens with two attached hydrogens (primary N) is 1. The second-order valence-electron chi connectivity index (χ2n) is 5.98. The predicted molar refractivity (Wildman–Crippen MR) is 101 cm³/mol. The highest BCUT2D eigenvalue weighted by atomic mass is 32.1. The molecule has 1 amide bonds. The van der Waals surface area contributed by atoms with E-state index < -0.39 is 5.91 Å². The lowest BCUT2D eigenvalue weighted by atomic mass is 10.2. The van der Waals surface area contributed by atoms with E-state index in [2.05, 4.69) is 35.8 Å². The summed E-state index contributed by atoms with van der Waals surface area (Å²) in [6.07, 6.45) is 1.32. The van der Waals surface area contributed by atoms with Gasteiger partial charge in [0.1, 0.15) is 0 Å². The van der Waals surface area contributed by atoms with Crippen molar-refractivity contribution in [3.63, 3.8) is 0 Å². The Morgan fingerprint density at radius 1 is 1.41 bits per heavy atom. The van der Waals surface area contributed by atoms with Crippen LogP contribution in [0, 0.1) is 13.8 Å². The van der Waals surface area contributed by atoms with Crippen molar-refractivity contribution in [1.29, 1.82) is 0 Å². The summed E-state index contributed by atoms with van der Waals surface area (Å²) in [5.74, 6) is -0.181. The smallest absolute Gasteiger partial charge is 0.293 e. The van der Waals surface area contributed by atoms with Gasteiger partial charge in [-0.3, -0.25) is 4.79 Å². The number of hydrogen-bond donors (Lipinski definition) is 2. The molecule has 11 heteroatoms. The fourth-order valence-corrected chi connectivity index (χ4v) is 3.66. The first-order valence-electron chi connectivity index (χ1n) is 8.37. The summed E-state index contributed by atoms with van der Waals surface area (Å²) in [6, 6.07) is 2.05. The molecule has 0 aromatic carbocycles. The van der Waals surface area contributed by atoms with Crippen LogP contribution >= 0.6 is 11.3 Å². The molecule has 27 heavy (non-hydrogen) atoms. The Morgan fingerprint density at radius 2 is 2.19 bits per heavy atom. The minimum Gasteiger partial charge on any atom is -0.378 e. The average Bonchev–Trinajstić information content (AvgIpc) is 3.31. The number of carbonyl (C=O) groups is 1. The Labute approximate surface area is 159 Å². The van der Waals surface area contributed by atoms with Crippen molar-refractivity contribution in [3.05, 3.63) is 32.8 Å². The second-order valence-corrected chi connectivity index (χ2v) is 7.45. The second kappa shape index (κ2) is 7.66. The van der Waals surface area contributed by atoms with Gasteiger partial charge in [-0.05, 0) is 43.6 Å². The van der Waals surface area contributed by atoms with Gasteiger partial charge < -0.3 is 5.73 Å². The van der Waals surface area contributed by atoms with Crippen molar-refractivity contribution in [3.8, 4) is 5.82 Å². The largest absolute Gasteiger partial charge is 0.378 e. The van der Waals surface area contributed by atoms with Gasteiger partial charge in [0, 0.05) is 15.3 Å². The molecular weight excluding hydrogens is 368 g/mol. The molecule has 3 rings (SSSR count). The van der Waals surface area contributed by atoms with E-state index >= 15 is 0 Å². The van der Waals surface area contributed by atoms with Gasteiger partial charge in [-0.2, -0.15) is 9.78 Å². The number of rotatable bonds is 6.